The van der Waals surface area contributed by atoms with E-state index in [-0.39, 0.29) is 17.7 Å². The van der Waals surface area contributed by atoms with Crippen LogP contribution in [0.1, 0.15) is 118 Å². The van der Waals surface area contributed by atoms with E-state index in [1.807, 2.05) is 41.5 Å². The zero-order chi connectivity index (χ0) is 78.1. The third-order valence-electron chi connectivity index (χ3n) is 22.0. The van der Waals surface area contributed by atoms with Gasteiger partial charge in [-0.1, -0.05) is 0 Å². The summed E-state index contributed by atoms with van der Waals surface area (Å²) in [6, 6.07) is 20.2. The maximum atomic E-state index is 13.4. The van der Waals surface area contributed by atoms with Crippen LogP contribution in [-0.2, 0) is 0 Å². The number of aryl methyl sites for hydroxylation is 6. The van der Waals surface area contributed by atoms with Crippen molar-refractivity contribution in [2.75, 3.05) is 212 Å². The molecule has 0 saturated carbocycles. The molecule has 4 fully saturated rings. The maximum Gasteiger partial charge on any atom is 0.280 e. The van der Waals surface area contributed by atoms with Crippen molar-refractivity contribution < 1.29 is 14.4 Å². The Morgan fingerprint density at radius 3 is 1.08 bits per heavy atom. The van der Waals surface area contributed by atoms with E-state index in [2.05, 4.69) is 212 Å². The number of piperazine rings is 3. The summed E-state index contributed by atoms with van der Waals surface area (Å²) in [7, 11) is 6.56. The van der Waals surface area contributed by atoms with Crippen LogP contribution in [0.15, 0.2) is 73.2 Å². The number of benzene rings is 3. The lowest BCUT2D eigenvalue weighted by molar-refractivity contribution is 0.0977. The number of thiazole rings is 3. The number of nitrogens with zero attached hydrogens (tertiary/aromatic N) is 22. The molecule has 586 valence electrons. The fourth-order valence-corrected chi connectivity index (χ4v) is 18.6. The van der Waals surface area contributed by atoms with Gasteiger partial charge in [-0.05, 0) is 188 Å². The van der Waals surface area contributed by atoms with Gasteiger partial charge in [0.2, 0.25) is 17.8 Å². The molecule has 28 nitrogen and oxygen atoms in total. The molecule has 16 rings (SSSR count). The highest BCUT2D eigenvalue weighted by Crippen LogP contribution is 2.47. The normalized spacial score (nSPS) is 17.2. The monoisotopic (exact) mass is 1560 g/mol. The minimum atomic E-state index is -0.108. The predicted molar refractivity (Wildman–Crippen MR) is 454 cm³/mol. The van der Waals surface area contributed by atoms with Gasteiger partial charge in [0.05, 0.1) is 33.6 Å². The standard InChI is InChI=1S/C30H41N9OS.2C25H32N8OS/c1-6-38-25-19-31-30(34-27(25)39(7-2)29-26(28(38)40)32-21(4)41-29)33-24-9-8-23(18-20(24)3)36-12-10-22(11-13-36)37-16-14-35(5)15-17-37;1-6-32-20-15-26-25(29-22(20)33(7-2)24-21(23(32)34)27-17(4)35-24)28-19-9-8-18(14-16(19)3)31-12-10-30(5)11-13-31;1-6-32-20-15-26-25(29-22(20)33(7-2)24-21(23(32)34)27-17(4)35-24)28-18-8-9-19(16(3)14-18)31-12-10-30(5)11-13-31/h8-9,18-19,22H,6-7,10-17H2,1-5H3,(H,31,33,34);2*8-9,14-15H,6-7,10-13H2,1-5H3,(H,26,28,29). The molecule has 0 spiro atoms. The number of hydrogen-bond acceptors (Lipinski definition) is 28. The van der Waals surface area contributed by atoms with Crippen molar-refractivity contribution >= 4 is 153 Å². The van der Waals surface area contributed by atoms with Gasteiger partial charge >= 0.3 is 0 Å². The molecule has 3 amide bonds. The summed E-state index contributed by atoms with van der Waals surface area (Å²) in [6.45, 7) is 43.2. The average Bonchev–Trinajstić information content (AvgIpc) is 1.63. The number of rotatable bonds is 16. The molecule has 0 aliphatic carbocycles. The second-order valence-corrected chi connectivity index (χ2v) is 32.8. The Balaban J connectivity index is 0.000000139. The number of fused-ring (bicyclic) bond motifs is 6. The first-order valence-corrected chi connectivity index (χ1v) is 41.6. The lowest BCUT2D eigenvalue weighted by Gasteiger charge is -2.42. The van der Waals surface area contributed by atoms with E-state index < -0.39 is 0 Å². The van der Waals surface area contributed by atoms with Crippen LogP contribution >= 0.6 is 34.0 Å². The summed E-state index contributed by atoms with van der Waals surface area (Å²) in [5.41, 5.74) is 13.8. The molecule has 111 heavy (non-hydrogen) atoms. The van der Waals surface area contributed by atoms with Crippen LogP contribution in [0, 0.1) is 41.5 Å². The first-order chi connectivity index (χ1) is 53.6. The van der Waals surface area contributed by atoms with Crippen molar-refractivity contribution in [2.45, 2.75) is 102 Å². The molecule has 7 aliphatic heterocycles. The Bertz CT molecular complexity index is 4860. The lowest BCUT2D eigenvalue weighted by Crippen LogP contribution is -2.52. The van der Waals surface area contributed by atoms with E-state index in [1.165, 1.54) is 95.7 Å². The minimum Gasteiger partial charge on any atom is -0.371 e. The van der Waals surface area contributed by atoms with Crippen LogP contribution in [0.25, 0.3) is 0 Å². The summed E-state index contributed by atoms with van der Waals surface area (Å²) in [5, 5.41) is 15.4. The molecule has 3 N–H and O–H groups in total. The molecule has 3 aromatic carbocycles. The zero-order valence-electron chi connectivity index (χ0n) is 66.9. The Hall–Kier alpha value is -9.76. The number of aromatic nitrogens is 9. The average molecular weight is 1560 g/mol. The first kappa shape index (κ1) is 77.9. The van der Waals surface area contributed by atoms with E-state index in [0.29, 0.717) is 109 Å². The van der Waals surface area contributed by atoms with Crippen molar-refractivity contribution in [1.82, 2.24) is 64.5 Å². The second kappa shape index (κ2) is 33.7. The van der Waals surface area contributed by atoms with Crippen LogP contribution in [0.5, 0.6) is 0 Å². The van der Waals surface area contributed by atoms with Crippen molar-refractivity contribution in [3.63, 3.8) is 0 Å². The Kier molecular flexibility index (Phi) is 23.6. The second-order valence-electron chi connectivity index (χ2n) is 29.3. The number of carbonyl (C=O) groups is 3. The highest BCUT2D eigenvalue weighted by Gasteiger charge is 2.39. The van der Waals surface area contributed by atoms with Crippen LogP contribution in [-0.4, -0.2) is 240 Å². The molecule has 4 saturated heterocycles. The number of piperidine rings is 1. The van der Waals surface area contributed by atoms with E-state index in [9.17, 15) is 14.4 Å². The fraction of sp³-hybridized carbons (Fsp3) is 0.475. The largest absolute Gasteiger partial charge is 0.371 e. The predicted octanol–water partition coefficient (Wildman–Crippen LogP) is 13.0. The van der Waals surface area contributed by atoms with E-state index in [4.69, 9.17) is 15.0 Å². The quantitative estimate of drug-likeness (QED) is 0.0814. The summed E-state index contributed by atoms with van der Waals surface area (Å²) in [6.07, 6.45) is 7.68. The number of likely N-dealkylation sites (N-methyl/N-ethyl adjacent to an activating group) is 3. The first-order valence-electron chi connectivity index (χ1n) is 39.1. The van der Waals surface area contributed by atoms with Gasteiger partial charge in [0.1, 0.15) is 32.1 Å². The van der Waals surface area contributed by atoms with Crippen LogP contribution in [0.4, 0.5) is 101 Å². The summed E-state index contributed by atoms with van der Waals surface area (Å²) < 4.78 is 0. The maximum absolute atomic E-state index is 13.4. The Labute approximate surface area is 664 Å². The summed E-state index contributed by atoms with van der Waals surface area (Å²) >= 11 is 4.57. The zero-order valence-corrected chi connectivity index (χ0v) is 69.3. The molecule has 9 aromatic rings. The van der Waals surface area contributed by atoms with E-state index in [1.54, 1.807) is 33.3 Å². The number of nitrogens with one attached hydrogen (secondary N) is 3. The third-order valence-corrected chi connectivity index (χ3v) is 25.0. The molecule has 6 aromatic heterocycles. The van der Waals surface area contributed by atoms with Crippen LogP contribution < -0.4 is 60.0 Å². The Morgan fingerprint density at radius 1 is 0.369 bits per heavy atom. The molecule has 31 heteroatoms. The molecule has 13 heterocycles. The topological polar surface area (TPSA) is 245 Å². The highest BCUT2D eigenvalue weighted by atomic mass is 32.1. The number of carbonyl (C=O) groups excluding carboxylic acids is 3. The molecular weight excluding hydrogens is 1460 g/mol. The van der Waals surface area contributed by atoms with Crippen LogP contribution in [0.3, 0.4) is 0 Å². The SMILES string of the molecule is CCN1C(=O)c2nc(C)sc2N(CC)c2nc(Nc3ccc(N4CCC(N5CCN(C)CC5)CC4)cc3C)ncc21.CCN1C(=O)c2nc(C)sc2N(CC)c2nc(Nc3ccc(N4CCN(C)CC4)c(C)c3)ncc21.CCN1C(=O)c2nc(C)sc2N(CC)c2nc(Nc3ccc(N4CCN(C)CC4)cc3C)ncc21. The van der Waals surface area contributed by atoms with Gasteiger partial charge in [-0.25, -0.2) is 29.9 Å². The minimum absolute atomic E-state index is 0.104. The lowest BCUT2D eigenvalue weighted by atomic mass is 10.0. The molecule has 0 bridgehead atoms. The molecule has 0 unspecified atom stereocenters. The molecule has 0 atom stereocenters. The summed E-state index contributed by atoms with van der Waals surface area (Å²) in [4.78, 5) is 111. The molecular formula is C80H105N25O3S3. The van der Waals surface area contributed by atoms with E-state index >= 15 is 0 Å². The van der Waals surface area contributed by atoms with Crippen molar-refractivity contribution in [1.29, 1.82) is 0 Å². The number of amides is 3. The van der Waals surface area contributed by atoms with Crippen molar-refractivity contribution in [3.8, 4) is 0 Å². The number of hydrogen-bond donors (Lipinski definition) is 3. The van der Waals surface area contributed by atoms with Gasteiger partial charge < -0.3 is 74.7 Å². The fourth-order valence-electron chi connectivity index (χ4n) is 15.7. The Morgan fingerprint density at radius 2 is 0.721 bits per heavy atom. The van der Waals surface area contributed by atoms with Gasteiger partial charge in [0.25, 0.3) is 17.7 Å². The third kappa shape index (κ3) is 16.2. The van der Waals surface area contributed by atoms with Crippen LogP contribution in [0.2, 0.25) is 0 Å². The van der Waals surface area contributed by atoms with Gasteiger partial charge in [0, 0.05) is 171 Å². The smallest absolute Gasteiger partial charge is 0.280 e. The molecule has 0 radical (unpaired) electrons. The van der Waals surface area contributed by atoms with Gasteiger partial charge in [-0.15, -0.1) is 34.0 Å². The van der Waals surface area contributed by atoms with Gasteiger partial charge in [0.15, 0.2) is 34.5 Å². The molecule has 7 aliphatic rings. The van der Waals surface area contributed by atoms with Crippen molar-refractivity contribution in [3.05, 3.63) is 122 Å². The number of anilines is 18. The van der Waals surface area contributed by atoms with E-state index in [0.717, 1.165) is 129 Å². The van der Waals surface area contributed by atoms with Gasteiger partial charge in [-0.2, -0.15) is 15.0 Å². The summed E-state index contributed by atoms with van der Waals surface area (Å²) in [5.74, 6) is 3.36. The highest BCUT2D eigenvalue weighted by molar-refractivity contribution is 7.17. The van der Waals surface area contributed by atoms with Gasteiger partial charge in [-0.3, -0.25) is 19.3 Å². The van der Waals surface area contributed by atoms with Crippen molar-refractivity contribution in [2.24, 2.45) is 0 Å².